The molecular weight excluding hydrogens is 332 g/mol. The van der Waals surface area contributed by atoms with Crippen molar-refractivity contribution in [1.82, 2.24) is 20.2 Å². The number of rotatable bonds is 7. The van der Waals surface area contributed by atoms with Crippen LogP contribution in [0.3, 0.4) is 0 Å². The molecule has 2 fully saturated rings. The summed E-state index contributed by atoms with van der Waals surface area (Å²) in [6.45, 7) is 0.945. The molecule has 0 aliphatic heterocycles. The van der Waals surface area contributed by atoms with Crippen molar-refractivity contribution in [3.63, 3.8) is 0 Å². The lowest BCUT2D eigenvalue weighted by Gasteiger charge is -2.42. The van der Waals surface area contributed by atoms with Gasteiger partial charge >= 0.3 is 5.97 Å². The summed E-state index contributed by atoms with van der Waals surface area (Å²) >= 11 is 0. The van der Waals surface area contributed by atoms with Gasteiger partial charge in [-0.1, -0.05) is 0 Å². The highest BCUT2D eigenvalue weighted by Crippen LogP contribution is 2.34. The molecule has 2 aliphatic carbocycles. The number of carbonyl (C=O) groups excluding carboxylic acids is 1. The standard InChI is InChI=1S/C19H22N4O3/c24-18(25)11-23(10-12-1-2-12)14-7-13(8-14)22-19(26)15-3-6-21-17-4-5-20-9-16(15)17/h3-6,9,12-14H,1-2,7-8,10-11H2,(H,22,26)(H,24,25). The fraction of sp³-hybridized carbons (Fsp3) is 0.474. The second-order valence-corrected chi connectivity index (χ2v) is 7.31. The van der Waals surface area contributed by atoms with E-state index in [1.807, 2.05) is 0 Å². The third-order valence-corrected chi connectivity index (χ3v) is 5.28. The first-order valence-electron chi connectivity index (χ1n) is 9.05. The van der Waals surface area contributed by atoms with Gasteiger partial charge in [0.25, 0.3) is 5.91 Å². The van der Waals surface area contributed by atoms with Crippen molar-refractivity contribution < 1.29 is 14.7 Å². The van der Waals surface area contributed by atoms with Crippen molar-refractivity contribution in [2.75, 3.05) is 13.1 Å². The number of carbonyl (C=O) groups is 2. The van der Waals surface area contributed by atoms with Crippen LogP contribution in [-0.4, -0.2) is 57.0 Å². The van der Waals surface area contributed by atoms with Gasteiger partial charge in [-0.25, -0.2) is 0 Å². The highest BCUT2D eigenvalue weighted by molar-refractivity contribution is 6.05. The van der Waals surface area contributed by atoms with Gasteiger partial charge in [0, 0.05) is 42.6 Å². The number of hydrogen-bond acceptors (Lipinski definition) is 5. The first-order valence-corrected chi connectivity index (χ1v) is 9.05. The molecule has 1 amide bonds. The molecule has 2 aromatic rings. The summed E-state index contributed by atoms with van der Waals surface area (Å²) in [4.78, 5) is 34.1. The van der Waals surface area contributed by atoms with Gasteiger partial charge in [-0.15, -0.1) is 0 Å². The first-order chi connectivity index (χ1) is 12.6. The van der Waals surface area contributed by atoms with E-state index in [2.05, 4.69) is 20.2 Å². The summed E-state index contributed by atoms with van der Waals surface area (Å²) in [7, 11) is 0. The first kappa shape index (κ1) is 16.9. The summed E-state index contributed by atoms with van der Waals surface area (Å²) in [5.41, 5.74) is 1.32. The Morgan fingerprint density at radius 2 is 2.04 bits per heavy atom. The molecule has 0 atom stereocenters. The Hall–Kier alpha value is -2.54. The van der Waals surface area contributed by atoms with Crippen LogP contribution < -0.4 is 5.32 Å². The number of aliphatic carboxylic acids is 1. The van der Waals surface area contributed by atoms with E-state index in [0.717, 1.165) is 30.3 Å². The van der Waals surface area contributed by atoms with Crippen molar-refractivity contribution in [2.24, 2.45) is 5.92 Å². The minimum Gasteiger partial charge on any atom is -0.480 e. The fourth-order valence-electron chi connectivity index (χ4n) is 3.60. The van der Waals surface area contributed by atoms with Gasteiger partial charge in [0.1, 0.15) is 0 Å². The van der Waals surface area contributed by atoms with E-state index in [-0.39, 0.29) is 24.5 Å². The predicted octanol–water partition coefficient (Wildman–Crippen LogP) is 1.69. The molecule has 0 radical (unpaired) electrons. The second-order valence-electron chi connectivity index (χ2n) is 7.31. The molecule has 7 heteroatoms. The van der Waals surface area contributed by atoms with E-state index >= 15 is 0 Å². The van der Waals surface area contributed by atoms with Crippen LogP contribution in [0, 0.1) is 5.92 Å². The summed E-state index contributed by atoms with van der Waals surface area (Å²) in [6, 6.07) is 3.82. The monoisotopic (exact) mass is 354 g/mol. The summed E-state index contributed by atoms with van der Waals surface area (Å²) in [5.74, 6) is -0.256. The number of nitrogens with one attached hydrogen (secondary N) is 1. The summed E-state index contributed by atoms with van der Waals surface area (Å²) in [5, 5.41) is 12.9. The van der Waals surface area contributed by atoms with E-state index in [1.54, 1.807) is 30.7 Å². The average Bonchev–Trinajstić information content (AvgIpc) is 3.40. The van der Waals surface area contributed by atoms with Crippen molar-refractivity contribution in [1.29, 1.82) is 0 Å². The van der Waals surface area contributed by atoms with Crippen molar-refractivity contribution in [2.45, 2.75) is 37.8 Å². The Morgan fingerprint density at radius 3 is 2.77 bits per heavy atom. The molecule has 4 rings (SSSR count). The van der Waals surface area contributed by atoms with Crippen LogP contribution in [0.25, 0.3) is 10.9 Å². The number of aromatic nitrogens is 2. The molecule has 7 nitrogen and oxygen atoms in total. The van der Waals surface area contributed by atoms with E-state index < -0.39 is 5.97 Å². The third kappa shape index (κ3) is 3.67. The lowest BCUT2D eigenvalue weighted by Crippen LogP contribution is -2.55. The molecule has 2 N–H and O–H groups in total. The molecule has 0 unspecified atom stereocenters. The maximum atomic E-state index is 12.6. The Bertz CT molecular complexity index is 825. The molecule has 0 saturated heterocycles. The number of fused-ring (bicyclic) bond motifs is 1. The normalized spacial score (nSPS) is 22.2. The Balaban J connectivity index is 1.36. The van der Waals surface area contributed by atoms with Crippen LogP contribution in [0.2, 0.25) is 0 Å². The van der Waals surface area contributed by atoms with Crippen molar-refractivity contribution in [3.8, 4) is 0 Å². The molecule has 2 aliphatic rings. The molecular formula is C19H22N4O3. The van der Waals surface area contributed by atoms with Crippen molar-refractivity contribution >= 4 is 22.8 Å². The largest absolute Gasteiger partial charge is 0.480 e. The van der Waals surface area contributed by atoms with Crippen LogP contribution in [0.15, 0.2) is 30.7 Å². The van der Waals surface area contributed by atoms with Crippen LogP contribution >= 0.6 is 0 Å². The van der Waals surface area contributed by atoms with Crippen LogP contribution in [0.1, 0.15) is 36.0 Å². The maximum Gasteiger partial charge on any atom is 0.317 e. The molecule has 26 heavy (non-hydrogen) atoms. The number of amides is 1. The van der Waals surface area contributed by atoms with E-state index in [1.165, 1.54) is 12.8 Å². The van der Waals surface area contributed by atoms with E-state index in [9.17, 15) is 9.59 Å². The van der Waals surface area contributed by atoms with Gasteiger partial charge in [0.05, 0.1) is 17.6 Å². The lowest BCUT2D eigenvalue weighted by atomic mass is 9.85. The van der Waals surface area contributed by atoms with Crippen LogP contribution in [0.5, 0.6) is 0 Å². The number of nitrogens with zero attached hydrogens (tertiary/aromatic N) is 3. The smallest absolute Gasteiger partial charge is 0.317 e. The van der Waals surface area contributed by atoms with Gasteiger partial charge in [0.2, 0.25) is 0 Å². The van der Waals surface area contributed by atoms with Gasteiger partial charge in [0.15, 0.2) is 0 Å². The van der Waals surface area contributed by atoms with E-state index in [0.29, 0.717) is 11.5 Å². The summed E-state index contributed by atoms with van der Waals surface area (Å²) in [6.07, 6.45) is 8.94. The summed E-state index contributed by atoms with van der Waals surface area (Å²) < 4.78 is 0. The second kappa shape index (κ2) is 6.99. The molecule has 2 heterocycles. The molecule has 2 saturated carbocycles. The number of hydrogen-bond donors (Lipinski definition) is 2. The van der Waals surface area contributed by atoms with Gasteiger partial charge in [-0.2, -0.15) is 0 Å². The Morgan fingerprint density at radius 1 is 1.23 bits per heavy atom. The zero-order valence-electron chi connectivity index (χ0n) is 14.5. The minimum absolute atomic E-state index is 0.0858. The number of carboxylic acid groups (broad SMARTS) is 1. The third-order valence-electron chi connectivity index (χ3n) is 5.28. The zero-order chi connectivity index (χ0) is 18.1. The number of carboxylic acids is 1. The van der Waals surface area contributed by atoms with Gasteiger partial charge in [-0.05, 0) is 43.7 Å². The highest BCUT2D eigenvalue weighted by Gasteiger charge is 2.37. The SMILES string of the molecule is O=C(O)CN(CC1CC1)C1CC(NC(=O)c2ccnc3ccncc23)C1. The number of pyridine rings is 2. The molecule has 136 valence electrons. The fourth-order valence-corrected chi connectivity index (χ4v) is 3.60. The van der Waals surface area contributed by atoms with Crippen LogP contribution in [0.4, 0.5) is 0 Å². The predicted molar refractivity (Wildman–Crippen MR) is 95.7 cm³/mol. The highest BCUT2D eigenvalue weighted by atomic mass is 16.4. The molecule has 0 spiro atoms. The molecule has 0 bridgehead atoms. The topological polar surface area (TPSA) is 95.4 Å². The van der Waals surface area contributed by atoms with E-state index in [4.69, 9.17) is 5.11 Å². The maximum absolute atomic E-state index is 12.6. The Labute approximate surface area is 151 Å². The van der Waals surface area contributed by atoms with Crippen molar-refractivity contribution in [3.05, 3.63) is 36.3 Å². The average molecular weight is 354 g/mol. The zero-order valence-corrected chi connectivity index (χ0v) is 14.5. The van der Waals surface area contributed by atoms with Gasteiger partial charge < -0.3 is 10.4 Å². The molecule has 2 aromatic heterocycles. The van der Waals surface area contributed by atoms with Gasteiger partial charge in [-0.3, -0.25) is 24.5 Å². The van der Waals surface area contributed by atoms with Crippen LogP contribution in [-0.2, 0) is 4.79 Å². The molecule has 0 aromatic carbocycles. The quantitative estimate of drug-likeness (QED) is 0.786. The Kier molecular flexibility index (Phi) is 4.55. The lowest BCUT2D eigenvalue weighted by molar-refractivity contribution is -0.139. The minimum atomic E-state index is -0.783.